The van der Waals surface area contributed by atoms with E-state index in [1.807, 2.05) is 13.8 Å². The number of hydrogen-bond acceptors (Lipinski definition) is 4. The maximum absolute atomic E-state index is 11.5. The average molecular weight is 255 g/mol. The predicted molar refractivity (Wildman–Crippen MR) is 65.0 cm³/mol. The van der Waals surface area contributed by atoms with E-state index in [-0.39, 0.29) is 23.2 Å². The van der Waals surface area contributed by atoms with Crippen molar-refractivity contribution in [3.63, 3.8) is 0 Å². The molecule has 0 radical (unpaired) electrons. The van der Waals surface area contributed by atoms with Crippen molar-refractivity contribution in [2.75, 3.05) is 29.6 Å². The lowest BCUT2D eigenvalue weighted by molar-refractivity contribution is 0.595. The van der Waals surface area contributed by atoms with E-state index in [0.29, 0.717) is 18.7 Å². The van der Waals surface area contributed by atoms with Crippen molar-refractivity contribution in [2.45, 2.75) is 20.3 Å². The van der Waals surface area contributed by atoms with Crippen LogP contribution >= 0.6 is 0 Å². The fourth-order valence-corrected chi connectivity index (χ4v) is 4.62. The van der Waals surface area contributed by atoms with E-state index in [1.54, 1.807) is 0 Å². The Kier molecular flexibility index (Phi) is 7.38. The van der Waals surface area contributed by atoms with Crippen LogP contribution in [-0.4, -0.2) is 42.2 Å². The summed E-state index contributed by atoms with van der Waals surface area (Å²) in [4.78, 5) is 0. The zero-order chi connectivity index (χ0) is 11.9. The Bertz CT molecular complexity index is 288. The van der Waals surface area contributed by atoms with Crippen molar-refractivity contribution in [3.05, 3.63) is 0 Å². The highest BCUT2D eigenvalue weighted by molar-refractivity contribution is 7.93. The van der Waals surface area contributed by atoms with Gasteiger partial charge in [0.25, 0.3) is 0 Å². The molecule has 0 bridgehead atoms. The molecule has 0 fully saturated rings. The Labute approximate surface area is 95.0 Å². The van der Waals surface area contributed by atoms with Gasteiger partial charge in [-0.3, -0.25) is 4.21 Å². The summed E-state index contributed by atoms with van der Waals surface area (Å²) >= 11 is 0. The van der Waals surface area contributed by atoms with Gasteiger partial charge in [-0.2, -0.15) is 0 Å². The van der Waals surface area contributed by atoms with Gasteiger partial charge in [0.05, 0.1) is 5.75 Å². The molecule has 92 valence electrons. The number of sulfone groups is 1. The number of rotatable bonds is 8. The van der Waals surface area contributed by atoms with Crippen molar-refractivity contribution in [3.8, 4) is 0 Å². The fourth-order valence-electron chi connectivity index (χ4n) is 1.10. The zero-order valence-electron chi connectivity index (χ0n) is 9.44. The van der Waals surface area contributed by atoms with Gasteiger partial charge < -0.3 is 5.73 Å². The predicted octanol–water partition coefficient (Wildman–Crippen LogP) is 0.155. The second-order valence-corrected chi connectivity index (χ2v) is 7.73. The van der Waals surface area contributed by atoms with E-state index in [4.69, 9.17) is 5.73 Å². The van der Waals surface area contributed by atoms with Crippen molar-refractivity contribution >= 4 is 20.6 Å². The molecule has 6 heteroatoms. The summed E-state index contributed by atoms with van der Waals surface area (Å²) in [6.45, 7) is 4.23. The van der Waals surface area contributed by atoms with Crippen LogP contribution in [0.3, 0.4) is 0 Å². The molecule has 0 aliphatic heterocycles. The molecule has 0 aliphatic rings. The first-order valence-corrected chi connectivity index (χ1v) is 8.47. The van der Waals surface area contributed by atoms with Crippen LogP contribution in [0.25, 0.3) is 0 Å². The van der Waals surface area contributed by atoms with Gasteiger partial charge in [-0.05, 0) is 18.9 Å². The molecule has 2 unspecified atom stereocenters. The van der Waals surface area contributed by atoms with E-state index in [0.717, 1.165) is 0 Å². The molecular formula is C9H21NO3S2. The Balaban J connectivity index is 3.90. The number of hydrogen-bond donors (Lipinski definition) is 1. The second kappa shape index (κ2) is 7.35. The van der Waals surface area contributed by atoms with Gasteiger partial charge in [-0.1, -0.05) is 13.8 Å². The van der Waals surface area contributed by atoms with E-state index in [9.17, 15) is 12.6 Å². The lowest BCUT2D eigenvalue weighted by Crippen LogP contribution is -2.22. The molecule has 0 aromatic heterocycles. The largest absolute Gasteiger partial charge is 0.330 e. The molecule has 0 heterocycles. The Morgan fingerprint density at radius 3 is 2.40 bits per heavy atom. The third kappa shape index (κ3) is 7.93. The van der Waals surface area contributed by atoms with Crippen LogP contribution in [-0.2, 0) is 20.6 Å². The SMILES string of the molecule is CCCS(=O)(=O)CCS(=O)CC(C)CN. The van der Waals surface area contributed by atoms with E-state index in [2.05, 4.69) is 0 Å². The monoisotopic (exact) mass is 255 g/mol. The van der Waals surface area contributed by atoms with Crippen LogP contribution in [0.2, 0.25) is 0 Å². The summed E-state index contributed by atoms with van der Waals surface area (Å²) in [5.74, 6) is 1.16. The molecule has 2 atom stereocenters. The standard InChI is InChI=1S/C9H21NO3S2/c1-3-5-15(12,13)6-4-14(11)8-9(2)7-10/h9H,3-8,10H2,1-2H3. The highest BCUT2D eigenvalue weighted by Gasteiger charge is 2.13. The molecule has 0 aliphatic carbocycles. The molecule has 0 aromatic rings. The molecule has 0 saturated carbocycles. The van der Waals surface area contributed by atoms with Gasteiger partial charge in [0.1, 0.15) is 0 Å². The Morgan fingerprint density at radius 1 is 1.33 bits per heavy atom. The van der Waals surface area contributed by atoms with Crippen LogP contribution < -0.4 is 5.73 Å². The van der Waals surface area contributed by atoms with Crippen molar-refractivity contribution < 1.29 is 12.6 Å². The molecule has 0 aromatic carbocycles. The highest BCUT2D eigenvalue weighted by Crippen LogP contribution is 1.99. The molecule has 15 heavy (non-hydrogen) atoms. The van der Waals surface area contributed by atoms with E-state index >= 15 is 0 Å². The Morgan fingerprint density at radius 2 is 1.93 bits per heavy atom. The quantitative estimate of drug-likeness (QED) is 0.670. The van der Waals surface area contributed by atoms with Crippen LogP contribution in [0.15, 0.2) is 0 Å². The first-order chi connectivity index (χ1) is 6.91. The third-order valence-electron chi connectivity index (χ3n) is 2.01. The fraction of sp³-hybridized carbons (Fsp3) is 1.00. The first-order valence-electron chi connectivity index (χ1n) is 5.16. The van der Waals surface area contributed by atoms with Crippen LogP contribution in [0, 0.1) is 5.92 Å². The van der Waals surface area contributed by atoms with Crippen molar-refractivity contribution in [2.24, 2.45) is 11.7 Å². The normalized spacial score (nSPS) is 16.2. The maximum Gasteiger partial charge on any atom is 0.151 e. The molecular weight excluding hydrogens is 234 g/mol. The highest BCUT2D eigenvalue weighted by atomic mass is 32.2. The second-order valence-electron chi connectivity index (χ2n) is 3.80. The van der Waals surface area contributed by atoms with Gasteiger partial charge in [0.15, 0.2) is 9.84 Å². The summed E-state index contributed by atoms with van der Waals surface area (Å²) in [5, 5.41) is 0. The minimum atomic E-state index is -2.99. The van der Waals surface area contributed by atoms with Crippen LogP contribution in [0.4, 0.5) is 0 Å². The minimum Gasteiger partial charge on any atom is -0.330 e. The van der Waals surface area contributed by atoms with E-state index in [1.165, 1.54) is 0 Å². The lowest BCUT2D eigenvalue weighted by Gasteiger charge is -2.07. The summed E-state index contributed by atoms with van der Waals surface area (Å²) in [5.41, 5.74) is 5.40. The minimum absolute atomic E-state index is 0.0325. The molecule has 0 rings (SSSR count). The van der Waals surface area contributed by atoms with E-state index < -0.39 is 20.6 Å². The first kappa shape index (κ1) is 15.1. The third-order valence-corrected chi connectivity index (χ3v) is 5.73. The Hall–Kier alpha value is 0.0600. The van der Waals surface area contributed by atoms with Gasteiger partial charge >= 0.3 is 0 Å². The zero-order valence-corrected chi connectivity index (χ0v) is 11.1. The van der Waals surface area contributed by atoms with Gasteiger partial charge in [0, 0.05) is 28.1 Å². The summed E-state index contributed by atoms with van der Waals surface area (Å²) < 4.78 is 34.1. The average Bonchev–Trinajstić information content (AvgIpc) is 2.15. The van der Waals surface area contributed by atoms with Crippen molar-refractivity contribution in [1.29, 1.82) is 0 Å². The lowest BCUT2D eigenvalue weighted by atomic mass is 10.2. The molecule has 0 amide bonds. The molecule has 2 N–H and O–H groups in total. The summed E-state index contributed by atoms with van der Waals surface area (Å²) in [6.07, 6.45) is 0.619. The topological polar surface area (TPSA) is 77.2 Å². The van der Waals surface area contributed by atoms with Crippen LogP contribution in [0.5, 0.6) is 0 Å². The smallest absolute Gasteiger partial charge is 0.151 e. The number of nitrogens with two attached hydrogens (primary N) is 1. The molecule has 0 spiro atoms. The van der Waals surface area contributed by atoms with Gasteiger partial charge in [-0.25, -0.2) is 8.42 Å². The summed E-state index contributed by atoms with van der Waals surface area (Å²) in [7, 11) is -4.05. The maximum atomic E-state index is 11.5. The van der Waals surface area contributed by atoms with Gasteiger partial charge in [-0.15, -0.1) is 0 Å². The summed E-state index contributed by atoms with van der Waals surface area (Å²) in [6, 6.07) is 0. The van der Waals surface area contributed by atoms with Crippen molar-refractivity contribution in [1.82, 2.24) is 0 Å². The van der Waals surface area contributed by atoms with Crippen LogP contribution in [0.1, 0.15) is 20.3 Å². The molecule has 0 saturated heterocycles. The van der Waals surface area contributed by atoms with Gasteiger partial charge in [0.2, 0.25) is 0 Å². The molecule has 4 nitrogen and oxygen atoms in total.